The molecule has 1 aromatic carbocycles. The second kappa shape index (κ2) is 5.28. The van der Waals surface area contributed by atoms with Gasteiger partial charge in [-0.05, 0) is 30.7 Å². The van der Waals surface area contributed by atoms with Crippen LogP contribution in [-0.2, 0) is 5.60 Å². The second-order valence-electron chi connectivity index (χ2n) is 4.42. The van der Waals surface area contributed by atoms with Gasteiger partial charge in [0.05, 0.1) is 14.2 Å². The number of ether oxygens (including phenoxy) is 2. The molecule has 0 saturated carbocycles. The monoisotopic (exact) mass is 259 g/mol. The van der Waals surface area contributed by atoms with Gasteiger partial charge in [-0.1, -0.05) is 6.07 Å². The van der Waals surface area contributed by atoms with Gasteiger partial charge >= 0.3 is 0 Å². The third-order valence-electron chi connectivity index (χ3n) is 3.14. The molecule has 2 aromatic rings. The molecule has 1 N–H and O–H groups in total. The highest BCUT2D eigenvalue weighted by molar-refractivity contribution is 5.44. The van der Waals surface area contributed by atoms with Gasteiger partial charge in [0.25, 0.3) is 0 Å². The van der Waals surface area contributed by atoms with Crippen molar-refractivity contribution in [2.75, 3.05) is 14.2 Å². The van der Waals surface area contributed by atoms with Crippen molar-refractivity contribution in [1.29, 1.82) is 0 Å². The summed E-state index contributed by atoms with van der Waals surface area (Å²) in [5, 5.41) is 10.7. The van der Waals surface area contributed by atoms with Crippen LogP contribution in [0.1, 0.15) is 18.1 Å². The van der Waals surface area contributed by atoms with E-state index in [2.05, 4.69) is 4.98 Å². The zero-order valence-corrected chi connectivity index (χ0v) is 11.3. The predicted octanol–water partition coefficient (Wildman–Crippen LogP) is 2.35. The Morgan fingerprint density at radius 3 is 2.16 bits per heavy atom. The number of benzene rings is 1. The first-order valence-electron chi connectivity index (χ1n) is 5.94. The van der Waals surface area contributed by atoms with Crippen LogP contribution in [0, 0.1) is 0 Å². The van der Waals surface area contributed by atoms with E-state index >= 15 is 0 Å². The molecule has 0 radical (unpaired) electrons. The summed E-state index contributed by atoms with van der Waals surface area (Å²) in [6, 6.07) is 8.97. The molecular formula is C15H17NO3. The minimum atomic E-state index is -1.16. The molecule has 0 aliphatic heterocycles. The van der Waals surface area contributed by atoms with Gasteiger partial charge in [-0.15, -0.1) is 0 Å². The first-order chi connectivity index (χ1) is 9.07. The minimum absolute atomic E-state index is 0.638. The summed E-state index contributed by atoms with van der Waals surface area (Å²) in [4.78, 5) is 4.04. The summed E-state index contributed by atoms with van der Waals surface area (Å²) < 4.78 is 10.4. The summed E-state index contributed by atoms with van der Waals surface area (Å²) in [5.74, 6) is 1.28. The normalized spacial score (nSPS) is 13.7. The number of hydrogen-bond acceptors (Lipinski definition) is 4. The Morgan fingerprint density at radius 1 is 1.05 bits per heavy atom. The third-order valence-corrected chi connectivity index (χ3v) is 3.14. The van der Waals surface area contributed by atoms with Crippen LogP contribution in [0.5, 0.6) is 11.5 Å². The van der Waals surface area contributed by atoms with E-state index in [1.165, 1.54) is 0 Å². The van der Waals surface area contributed by atoms with Crippen LogP contribution in [0.25, 0.3) is 0 Å². The van der Waals surface area contributed by atoms with E-state index in [1.807, 2.05) is 6.07 Å². The molecule has 0 saturated heterocycles. The maximum atomic E-state index is 10.7. The Bertz CT molecular complexity index is 530. The topological polar surface area (TPSA) is 51.6 Å². The van der Waals surface area contributed by atoms with Crippen molar-refractivity contribution in [2.45, 2.75) is 12.5 Å². The van der Waals surface area contributed by atoms with Crippen LogP contribution in [0.4, 0.5) is 0 Å². The number of hydrogen-bond donors (Lipinski definition) is 1. The summed E-state index contributed by atoms with van der Waals surface area (Å²) in [6.07, 6.45) is 3.32. The van der Waals surface area contributed by atoms with Crippen LogP contribution in [-0.4, -0.2) is 24.3 Å². The fourth-order valence-electron chi connectivity index (χ4n) is 1.91. The molecule has 4 nitrogen and oxygen atoms in total. The highest BCUT2D eigenvalue weighted by atomic mass is 16.5. The van der Waals surface area contributed by atoms with Gasteiger partial charge in [0, 0.05) is 24.0 Å². The maximum absolute atomic E-state index is 10.7. The van der Waals surface area contributed by atoms with Gasteiger partial charge in [0.15, 0.2) is 0 Å². The highest BCUT2D eigenvalue weighted by Gasteiger charge is 2.27. The number of rotatable bonds is 4. The largest absolute Gasteiger partial charge is 0.497 e. The van der Waals surface area contributed by atoms with Crippen LogP contribution >= 0.6 is 0 Å². The van der Waals surface area contributed by atoms with E-state index in [0.29, 0.717) is 22.6 Å². The quantitative estimate of drug-likeness (QED) is 0.915. The molecule has 4 heteroatoms. The van der Waals surface area contributed by atoms with Crippen molar-refractivity contribution >= 4 is 0 Å². The molecule has 0 aliphatic carbocycles. The Morgan fingerprint density at radius 2 is 1.68 bits per heavy atom. The fourth-order valence-corrected chi connectivity index (χ4v) is 1.91. The highest BCUT2D eigenvalue weighted by Crippen LogP contribution is 2.33. The van der Waals surface area contributed by atoms with Crippen LogP contribution in [0.15, 0.2) is 42.7 Å². The average molecular weight is 259 g/mol. The van der Waals surface area contributed by atoms with E-state index in [-0.39, 0.29) is 0 Å². The van der Waals surface area contributed by atoms with E-state index in [0.717, 1.165) is 0 Å². The smallest absolute Gasteiger partial charge is 0.122 e. The molecule has 0 aliphatic rings. The van der Waals surface area contributed by atoms with E-state index in [1.54, 1.807) is 57.8 Å². The minimum Gasteiger partial charge on any atom is -0.497 e. The van der Waals surface area contributed by atoms with Crippen molar-refractivity contribution in [1.82, 2.24) is 4.98 Å². The third kappa shape index (κ3) is 2.69. The van der Waals surface area contributed by atoms with Crippen LogP contribution in [0.3, 0.4) is 0 Å². The molecule has 2 rings (SSSR count). The molecule has 0 amide bonds. The molecule has 1 heterocycles. The zero-order chi connectivity index (χ0) is 13.9. The van der Waals surface area contributed by atoms with E-state index < -0.39 is 5.60 Å². The molecule has 100 valence electrons. The van der Waals surface area contributed by atoms with Crippen molar-refractivity contribution in [2.24, 2.45) is 0 Å². The lowest BCUT2D eigenvalue weighted by molar-refractivity contribution is 0.101. The van der Waals surface area contributed by atoms with Gasteiger partial charge < -0.3 is 14.6 Å². The molecule has 1 aromatic heterocycles. The second-order valence-corrected chi connectivity index (χ2v) is 4.42. The SMILES string of the molecule is COc1cc(OC)cc(C(C)(O)c2cccnc2)c1. The average Bonchev–Trinajstić information content (AvgIpc) is 2.47. The van der Waals surface area contributed by atoms with Crippen molar-refractivity contribution in [3.63, 3.8) is 0 Å². The maximum Gasteiger partial charge on any atom is 0.122 e. The summed E-state index contributed by atoms with van der Waals surface area (Å²) in [5.41, 5.74) is 0.248. The van der Waals surface area contributed by atoms with Gasteiger partial charge in [-0.2, -0.15) is 0 Å². The zero-order valence-electron chi connectivity index (χ0n) is 11.3. The van der Waals surface area contributed by atoms with Crippen molar-refractivity contribution < 1.29 is 14.6 Å². The number of pyridine rings is 1. The van der Waals surface area contributed by atoms with Gasteiger partial charge in [0.1, 0.15) is 17.1 Å². The predicted molar refractivity (Wildman–Crippen MR) is 72.5 cm³/mol. The van der Waals surface area contributed by atoms with Crippen LogP contribution < -0.4 is 9.47 Å². The number of aliphatic hydroxyl groups is 1. The fraction of sp³-hybridized carbons (Fsp3) is 0.267. The molecule has 1 atom stereocenters. The molecule has 0 fully saturated rings. The lowest BCUT2D eigenvalue weighted by Crippen LogP contribution is -2.23. The number of aromatic nitrogens is 1. The first-order valence-corrected chi connectivity index (χ1v) is 5.94. The lowest BCUT2D eigenvalue weighted by atomic mass is 9.89. The molecular weight excluding hydrogens is 242 g/mol. The first kappa shape index (κ1) is 13.4. The Balaban J connectivity index is 2.51. The van der Waals surface area contributed by atoms with Crippen molar-refractivity contribution in [3.8, 4) is 11.5 Å². The Kier molecular flexibility index (Phi) is 3.71. The van der Waals surface area contributed by atoms with E-state index in [4.69, 9.17) is 9.47 Å². The van der Waals surface area contributed by atoms with Gasteiger partial charge in [0.2, 0.25) is 0 Å². The number of methoxy groups -OCH3 is 2. The molecule has 0 bridgehead atoms. The lowest BCUT2D eigenvalue weighted by Gasteiger charge is -2.25. The van der Waals surface area contributed by atoms with Crippen molar-refractivity contribution in [3.05, 3.63) is 53.9 Å². The number of nitrogens with zero attached hydrogens (tertiary/aromatic N) is 1. The van der Waals surface area contributed by atoms with Gasteiger partial charge in [-0.3, -0.25) is 4.98 Å². The Hall–Kier alpha value is -2.07. The summed E-state index contributed by atoms with van der Waals surface area (Å²) >= 11 is 0. The molecule has 1 unspecified atom stereocenters. The summed E-state index contributed by atoms with van der Waals surface area (Å²) in [7, 11) is 3.16. The molecule has 19 heavy (non-hydrogen) atoms. The van der Waals surface area contributed by atoms with Gasteiger partial charge in [-0.25, -0.2) is 0 Å². The Labute approximate surface area is 112 Å². The standard InChI is InChI=1S/C15H17NO3/c1-15(17,11-5-4-6-16-10-11)12-7-13(18-2)9-14(8-12)19-3/h4-10,17H,1-3H3. The molecule has 0 spiro atoms. The van der Waals surface area contributed by atoms with E-state index in [9.17, 15) is 5.11 Å². The van der Waals surface area contributed by atoms with Crippen LogP contribution in [0.2, 0.25) is 0 Å². The summed E-state index contributed by atoms with van der Waals surface area (Å²) in [6.45, 7) is 1.72.